The average molecular weight is 253 g/mol. The lowest BCUT2D eigenvalue weighted by Gasteiger charge is -2.07. The summed E-state index contributed by atoms with van der Waals surface area (Å²) < 4.78 is 4.18. The maximum Gasteiger partial charge on any atom is 0.0830 e. The SMILES string of the molecule is CC/C(CC(C)CC)=N/I. The topological polar surface area (TPSA) is 12.4 Å². The smallest absolute Gasteiger partial charge is 0.0830 e. The first-order valence-electron chi connectivity index (χ1n) is 3.91. The standard InChI is InChI=1S/C8H16IN/c1-4-7(3)6-8(5-2)10-9/h7H,4-6H2,1-3H3/b10-8-. The molecule has 0 heterocycles. The summed E-state index contributed by atoms with van der Waals surface area (Å²) in [4.78, 5) is 0. The van der Waals surface area contributed by atoms with Crippen LogP contribution < -0.4 is 0 Å². The van der Waals surface area contributed by atoms with Crippen molar-refractivity contribution in [2.45, 2.75) is 40.0 Å². The molecule has 0 N–H and O–H groups in total. The molecular formula is C8H16IN. The molecule has 2 heteroatoms. The highest BCUT2D eigenvalue weighted by Crippen LogP contribution is 2.10. The Labute approximate surface area is 77.8 Å². The van der Waals surface area contributed by atoms with Gasteiger partial charge >= 0.3 is 0 Å². The molecule has 60 valence electrons. The Morgan fingerprint density at radius 1 is 1.50 bits per heavy atom. The maximum atomic E-state index is 4.18. The van der Waals surface area contributed by atoms with E-state index in [0.717, 1.165) is 12.3 Å². The van der Waals surface area contributed by atoms with Crippen molar-refractivity contribution in [3.8, 4) is 0 Å². The highest BCUT2D eigenvalue weighted by molar-refractivity contribution is 14.1. The van der Waals surface area contributed by atoms with Crippen molar-refractivity contribution in [2.24, 2.45) is 9.12 Å². The molecule has 0 radical (unpaired) electrons. The van der Waals surface area contributed by atoms with Crippen molar-refractivity contribution < 1.29 is 0 Å². The second-order valence-electron chi connectivity index (χ2n) is 2.72. The van der Waals surface area contributed by atoms with Crippen LogP contribution in [-0.2, 0) is 0 Å². The fourth-order valence-corrected chi connectivity index (χ4v) is 1.32. The van der Waals surface area contributed by atoms with Crippen molar-refractivity contribution in [3.05, 3.63) is 0 Å². The fourth-order valence-electron chi connectivity index (χ4n) is 0.785. The minimum atomic E-state index is 0.800. The first kappa shape index (κ1) is 10.4. The maximum absolute atomic E-state index is 4.18. The van der Waals surface area contributed by atoms with Crippen molar-refractivity contribution in [1.29, 1.82) is 0 Å². The van der Waals surface area contributed by atoms with E-state index in [2.05, 4.69) is 46.8 Å². The van der Waals surface area contributed by atoms with E-state index in [1.807, 2.05) is 0 Å². The Bertz CT molecular complexity index is 110. The molecule has 0 aromatic heterocycles. The molecule has 0 saturated carbocycles. The first-order valence-corrected chi connectivity index (χ1v) is 4.87. The van der Waals surface area contributed by atoms with Gasteiger partial charge in [0, 0.05) is 5.71 Å². The number of hydrogen-bond acceptors (Lipinski definition) is 1. The van der Waals surface area contributed by atoms with E-state index in [-0.39, 0.29) is 0 Å². The second kappa shape index (κ2) is 6.13. The lowest BCUT2D eigenvalue weighted by atomic mass is 10.0. The molecule has 0 rings (SSSR count). The summed E-state index contributed by atoms with van der Waals surface area (Å²) in [6, 6.07) is 0. The molecule has 0 saturated heterocycles. The van der Waals surface area contributed by atoms with Gasteiger partial charge in [-0.3, -0.25) is 0 Å². The first-order chi connectivity index (χ1) is 4.74. The van der Waals surface area contributed by atoms with Crippen LogP contribution in [0.4, 0.5) is 0 Å². The Balaban J connectivity index is 3.64. The molecule has 1 unspecified atom stereocenters. The Kier molecular flexibility index (Phi) is 6.38. The summed E-state index contributed by atoms with van der Waals surface area (Å²) in [6.07, 6.45) is 3.54. The molecule has 10 heavy (non-hydrogen) atoms. The van der Waals surface area contributed by atoms with Gasteiger partial charge in [0.15, 0.2) is 0 Å². The average Bonchev–Trinajstić information content (AvgIpc) is 1.99. The van der Waals surface area contributed by atoms with Crippen LogP contribution in [0.15, 0.2) is 3.21 Å². The summed E-state index contributed by atoms with van der Waals surface area (Å²) in [5.41, 5.74) is 1.34. The summed E-state index contributed by atoms with van der Waals surface area (Å²) in [5, 5.41) is 0. The van der Waals surface area contributed by atoms with E-state index in [4.69, 9.17) is 0 Å². The fraction of sp³-hybridized carbons (Fsp3) is 0.875. The van der Waals surface area contributed by atoms with Gasteiger partial charge in [0.1, 0.15) is 0 Å². The van der Waals surface area contributed by atoms with E-state index in [1.54, 1.807) is 0 Å². The Morgan fingerprint density at radius 3 is 2.40 bits per heavy atom. The number of halogens is 1. The van der Waals surface area contributed by atoms with Gasteiger partial charge in [0.2, 0.25) is 0 Å². The molecule has 0 fully saturated rings. The monoisotopic (exact) mass is 253 g/mol. The van der Waals surface area contributed by atoms with Gasteiger partial charge in [-0.1, -0.05) is 27.2 Å². The molecule has 0 spiro atoms. The molecule has 0 aromatic rings. The molecule has 0 aromatic carbocycles. The lowest BCUT2D eigenvalue weighted by molar-refractivity contribution is 0.584. The van der Waals surface area contributed by atoms with E-state index in [0.29, 0.717) is 0 Å². The number of hydrogen-bond donors (Lipinski definition) is 0. The van der Waals surface area contributed by atoms with Crippen LogP contribution in [0.1, 0.15) is 40.0 Å². The van der Waals surface area contributed by atoms with Gasteiger partial charge in [-0.25, -0.2) is 3.21 Å². The zero-order chi connectivity index (χ0) is 7.98. The van der Waals surface area contributed by atoms with Crippen molar-refractivity contribution in [1.82, 2.24) is 0 Å². The van der Waals surface area contributed by atoms with Gasteiger partial charge in [-0.05, 0) is 18.8 Å². The van der Waals surface area contributed by atoms with E-state index < -0.39 is 0 Å². The van der Waals surface area contributed by atoms with Crippen LogP contribution in [0.5, 0.6) is 0 Å². The largest absolute Gasteiger partial charge is 0.224 e. The normalized spacial score (nSPS) is 15.4. The molecule has 0 aliphatic heterocycles. The summed E-state index contributed by atoms with van der Waals surface area (Å²) >= 11 is 2.09. The predicted octanol–water partition coefficient (Wildman–Crippen LogP) is 3.62. The molecule has 0 bridgehead atoms. The van der Waals surface area contributed by atoms with Gasteiger partial charge in [0.05, 0.1) is 22.9 Å². The van der Waals surface area contributed by atoms with Crippen molar-refractivity contribution in [2.75, 3.05) is 0 Å². The van der Waals surface area contributed by atoms with Gasteiger partial charge in [-0.15, -0.1) is 0 Å². The van der Waals surface area contributed by atoms with Crippen LogP contribution in [0.2, 0.25) is 0 Å². The molecule has 0 amide bonds. The molecule has 1 nitrogen and oxygen atoms in total. The van der Waals surface area contributed by atoms with Crippen molar-refractivity contribution in [3.63, 3.8) is 0 Å². The summed E-state index contributed by atoms with van der Waals surface area (Å²) in [5.74, 6) is 0.800. The Hall–Kier alpha value is 0.400. The minimum absolute atomic E-state index is 0.800. The molecule has 0 aliphatic carbocycles. The second-order valence-corrected chi connectivity index (χ2v) is 3.20. The quantitative estimate of drug-likeness (QED) is 0.536. The third-order valence-corrected chi connectivity index (χ3v) is 2.49. The van der Waals surface area contributed by atoms with E-state index >= 15 is 0 Å². The van der Waals surface area contributed by atoms with Crippen LogP contribution >= 0.6 is 22.9 Å². The van der Waals surface area contributed by atoms with Gasteiger partial charge in [-0.2, -0.15) is 0 Å². The lowest BCUT2D eigenvalue weighted by Crippen LogP contribution is -2.02. The third kappa shape index (κ3) is 4.25. The van der Waals surface area contributed by atoms with E-state index in [1.165, 1.54) is 18.6 Å². The summed E-state index contributed by atoms with van der Waals surface area (Å²) in [6.45, 7) is 6.67. The summed E-state index contributed by atoms with van der Waals surface area (Å²) in [7, 11) is 0. The molecule has 1 atom stereocenters. The highest BCUT2D eigenvalue weighted by Gasteiger charge is 2.02. The number of nitrogens with zero attached hydrogens (tertiary/aromatic N) is 1. The van der Waals surface area contributed by atoms with Crippen LogP contribution in [-0.4, -0.2) is 5.71 Å². The zero-order valence-electron chi connectivity index (χ0n) is 7.02. The zero-order valence-corrected chi connectivity index (χ0v) is 9.18. The van der Waals surface area contributed by atoms with E-state index in [9.17, 15) is 0 Å². The van der Waals surface area contributed by atoms with Crippen LogP contribution in [0, 0.1) is 5.92 Å². The molecule has 0 aliphatic rings. The highest BCUT2D eigenvalue weighted by atomic mass is 127. The van der Waals surface area contributed by atoms with Gasteiger partial charge in [0.25, 0.3) is 0 Å². The van der Waals surface area contributed by atoms with Gasteiger partial charge < -0.3 is 0 Å². The van der Waals surface area contributed by atoms with Crippen LogP contribution in [0.25, 0.3) is 0 Å². The Morgan fingerprint density at radius 2 is 2.10 bits per heavy atom. The third-order valence-electron chi connectivity index (χ3n) is 1.81. The minimum Gasteiger partial charge on any atom is -0.224 e. The number of rotatable bonds is 4. The van der Waals surface area contributed by atoms with Crippen LogP contribution in [0.3, 0.4) is 0 Å². The molecular weight excluding hydrogens is 237 g/mol. The predicted molar refractivity (Wildman–Crippen MR) is 55.8 cm³/mol. The van der Waals surface area contributed by atoms with Crippen molar-refractivity contribution >= 4 is 28.6 Å².